The summed E-state index contributed by atoms with van der Waals surface area (Å²) in [7, 11) is 0. The van der Waals surface area contributed by atoms with Crippen molar-refractivity contribution in [1.82, 2.24) is 4.98 Å². The Morgan fingerprint density at radius 3 is 3.08 bits per heavy atom. The highest BCUT2D eigenvalue weighted by molar-refractivity contribution is 8.14. The molecule has 1 atom stereocenters. The molecule has 1 aromatic rings. The zero-order valence-corrected chi connectivity index (χ0v) is 7.48. The fourth-order valence-electron chi connectivity index (χ4n) is 1.27. The van der Waals surface area contributed by atoms with Crippen LogP contribution in [0.4, 0.5) is 5.82 Å². The van der Waals surface area contributed by atoms with Gasteiger partial charge in [0, 0.05) is 12.1 Å². The molecule has 0 amide bonds. The number of nitrogens with two attached hydrogens (primary N) is 1. The highest BCUT2D eigenvalue weighted by Crippen LogP contribution is 2.42. The van der Waals surface area contributed by atoms with E-state index in [0.717, 1.165) is 10.5 Å². The van der Waals surface area contributed by atoms with Gasteiger partial charge in [0.25, 0.3) is 0 Å². The number of nitrogen functional groups attached to an aromatic ring is 1. The first-order chi connectivity index (χ1) is 5.70. The third kappa shape index (κ3) is 0.914. The van der Waals surface area contributed by atoms with Gasteiger partial charge in [0.1, 0.15) is 5.82 Å². The number of rotatable bonds is 0. The Morgan fingerprint density at radius 1 is 1.67 bits per heavy atom. The molecule has 12 heavy (non-hydrogen) atoms. The molecule has 0 bridgehead atoms. The van der Waals surface area contributed by atoms with Gasteiger partial charge >= 0.3 is 0 Å². The summed E-state index contributed by atoms with van der Waals surface area (Å²) in [6.07, 6.45) is 1.70. The van der Waals surface area contributed by atoms with E-state index in [4.69, 9.17) is 11.1 Å². The molecule has 3 nitrogen and oxygen atoms in total. The Morgan fingerprint density at radius 2 is 2.42 bits per heavy atom. The molecule has 2 heterocycles. The average Bonchev–Trinajstić information content (AvgIpc) is 2.32. The van der Waals surface area contributed by atoms with Crippen molar-refractivity contribution in [3.05, 3.63) is 17.8 Å². The van der Waals surface area contributed by atoms with E-state index < -0.39 is 0 Å². The maximum absolute atomic E-state index is 7.62. The number of nitrogens with one attached hydrogen (secondary N) is 1. The second-order valence-corrected chi connectivity index (χ2v) is 3.85. The smallest absolute Gasteiger partial charge is 0.137 e. The molecule has 3 N–H and O–H groups in total. The number of nitrogens with zero attached hydrogens (tertiary/aromatic N) is 1. The molecule has 1 aliphatic heterocycles. The molecule has 62 valence electrons. The van der Waals surface area contributed by atoms with Crippen LogP contribution in [0.5, 0.6) is 0 Å². The number of hydrogen-bond acceptors (Lipinski definition) is 4. The third-order valence-corrected chi connectivity index (χ3v) is 3.26. The highest BCUT2D eigenvalue weighted by atomic mass is 32.2. The van der Waals surface area contributed by atoms with E-state index in [1.165, 1.54) is 11.8 Å². The highest BCUT2D eigenvalue weighted by Gasteiger charge is 2.26. The van der Waals surface area contributed by atoms with Gasteiger partial charge in [-0.15, -0.1) is 0 Å². The van der Waals surface area contributed by atoms with Crippen LogP contribution >= 0.6 is 11.8 Å². The van der Waals surface area contributed by atoms with Crippen LogP contribution < -0.4 is 5.73 Å². The lowest BCUT2D eigenvalue weighted by atomic mass is 10.0. The molecule has 0 aromatic carbocycles. The normalized spacial score (nSPS) is 21.1. The minimum atomic E-state index is 0.190. The quantitative estimate of drug-likeness (QED) is 0.639. The Balaban J connectivity index is 2.60. The van der Waals surface area contributed by atoms with Crippen LogP contribution in [0.15, 0.2) is 17.2 Å². The Hall–Kier alpha value is -1.03. The SMILES string of the molecule is CC1C(=N)Sc2c1ccnc2N. The summed E-state index contributed by atoms with van der Waals surface area (Å²) >= 11 is 1.42. The summed E-state index contributed by atoms with van der Waals surface area (Å²) in [6, 6.07) is 1.94. The van der Waals surface area contributed by atoms with Crippen molar-refractivity contribution < 1.29 is 0 Å². The molecule has 0 spiro atoms. The Bertz CT molecular complexity index is 348. The lowest BCUT2D eigenvalue weighted by molar-refractivity contribution is 0.995. The summed E-state index contributed by atoms with van der Waals surface area (Å²) in [5, 5.41) is 8.27. The lowest BCUT2D eigenvalue weighted by Crippen LogP contribution is -1.96. The number of anilines is 1. The molecule has 0 aliphatic carbocycles. The van der Waals surface area contributed by atoms with E-state index in [9.17, 15) is 0 Å². The molecule has 0 saturated carbocycles. The van der Waals surface area contributed by atoms with Gasteiger partial charge in [-0.1, -0.05) is 18.7 Å². The maximum Gasteiger partial charge on any atom is 0.137 e. The van der Waals surface area contributed by atoms with Gasteiger partial charge < -0.3 is 5.73 Å². The van der Waals surface area contributed by atoms with Crippen molar-refractivity contribution in [1.29, 1.82) is 5.41 Å². The van der Waals surface area contributed by atoms with Gasteiger partial charge in [-0.05, 0) is 11.6 Å². The summed E-state index contributed by atoms with van der Waals surface area (Å²) in [5.41, 5.74) is 6.80. The number of hydrogen-bond donors (Lipinski definition) is 2. The van der Waals surface area contributed by atoms with Gasteiger partial charge in [-0.25, -0.2) is 4.98 Å². The standard InChI is InChI=1S/C8H9N3S/c1-4-5-2-3-11-7(9)6(5)12-8(4)10/h2-4,10H,1H3,(H2,9,11). The second kappa shape index (κ2) is 2.48. The van der Waals surface area contributed by atoms with Crippen LogP contribution in [0, 0.1) is 5.41 Å². The molecule has 0 saturated heterocycles. The molecule has 0 fully saturated rings. The van der Waals surface area contributed by atoms with Crippen molar-refractivity contribution >= 4 is 22.6 Å². The van der Waals surface area contributed by atoms with E-state index in [-0.39, 0.29) is 5.92 Å². The van der Waals surface area contributed by atoms with Crippen molar-refractivity contribution in [2.24, 2.45) is 0 Å². The number of aromatic nitrogens is 1. The fourth-order valence-corrected chi connectivity index (χ4v) is 2.32. The first kappa shape index (κ1) is 7.61. The maximum atomic E-state index is 7.62. The van der Waals surface area contributed by atoms with Crippen LogP contribution in [0.1, 0.15) is 18.4 Å². The summed E-state index contributed by atoms with van der Waals surface area (Å²) < 4.78 is 0. The number of pyridine rings is 1. The molecule has 4 heteroatoms. The van der Waals surface area contributed by atoms with Crippen LogP contribution in [0.2, 0.25) is 0 Å². The Labute approximate surface area is 74.9 Å². The molecule has 0 radical (unpaired) electrons. The van der Waals surface area contributed by atoms with Crippen LogP contribution in [0.25, 0.3) is 0 Å². The molecule has 1 aliphatic rings. The third-order valence-electron chi connectivity index (χ3n) is 2.03. The monoisotopic (exact) mass is 179 g/mol. The van der Waals surface area contributed by atoms with Crippen LogP contribution in [-0.2, 0) is 0 Å². The van der Waals surface area contributed by atoms with E-state index >= 15 is 0 Å². The largest absolute Gasteiger partial charge is 0.383 e. The van der Waals surface area contributed by atoms with Gasteiger partial charge in [0.05, 0.1) is 9.94 Å². The van der Waals surface area contributed by atoms with E-state index in [1.54, 1.807) is 6.20 Å². The van der Waals surface area contributed by atoms with E-state index in [0.29, 0.717) is 10.9 Å². The predicted molar refractivity (Wildman–Crippen MR) is 50.6 cm³/mol. The van der Waals surface area contributed by atoms with Gasteiger partial charge in [0.2, 0.25) is 0 Å². The van der Waals surface area contributed by atoms with Gasteiger partial charge in [0.15, 0.2) is 0 Å². The first-order valence-corrected chi connectivity index (χ1v) is 4.52. The zero-order chi connectivity index (χ0) is 8.72. The molecular formula is C8H9N3S. The predicted octanol–water partition coefficient (Wildman–Crippen LogP) is 1.85. The summed E-state index contributed by atoms with van der Waals surface area (Å²) in [6.45, 7) is 2.01. The topological polar surface area (TPSA) is 62.8 Å². The first-order valence-electron chi connectivity index (χ1n) is 3.71. The Kier molecular flexibility index (Phi) is 1.58. The molecule has 2 rings (SSSR count). The van der Waals surface area contributed by atoms with Crippen LogP contribution in [0.3, 0.4) is 0 Å². The summed E-state index contributed by atoms with van der Waals surface area (Å²) in [4.78, 5) is 4.95. The minimum Gasteiger partial charge on any atom is -0.383 e. The fraction of sp³-hybridized carbons (Fsp3) is 0.250. The minimum absolute atomic E-state index is 0.190. The van der Waals surface area contributed by atoms with Crippen LogP contribution in [-0.4, -0.2) is 10.0 Å². The molecule has 1 unspecified atom stereocenters. The van der Waals surface area contributed by atoms with E-state index in [2.05, 4.69) is 4.98 Å². The second-order valence-electron chi connectivity index (χ2n) is 2.80. The van der Waals surface area contributed by atoms with Crippen molar-refractivity contribution in [2.75, 3.05) is 5.73 Å². The van der Waals surface area contributed by atoms with Gasteiger partial charge in [-0.2, -0.15) is 0 Å². The summed E-state index contributed by atoms with van der Waals surface area (Å²) in [5.74, 6) is 0.738. The van der Waals surface area contributed by atoms with E-state index in [1.807, 2.05) is 13.0 Å². The molecule has 1 aromatic heterocycles. The van der Waals surface area contributed by atoms with Crippen molar-refractivity contribution in [2.45, 2.75) is 17.7 Å². The average molecular weight is 179 g/mol. The zero-order valence-electron chi connectivity index (χ0n) is 6.66. The number of fused-ring (bicyclic) bond motifs is 1. The number of thioether (sulfide) groups is 1. The van der Waals surface area contributed by atoms with Crippen molar-refractivity contribution in [3.8, 4) is 0 Å². The van der Waals surface area contributed by atoms with Crippen molar-refractivity contribution in [3.63, 3.8) is 0 Å². The van der Waals surface area contributed by atoms with Gasteiger partial charge in [-0.3, -0.25) is 5.41 Å². The lowest BCUT2D eigenvalue weighted by Gasteiger charge is -2.02. The molecular weight excluding hydrogens is 170 g/mol.